The van der Waals surface area contributed by atoms with E-state index < -0.39 is 0 Å². The summed E-state index contributed by atoms with van der Waals surface area (Å²) in [6.07, 6.45) is 7.35. The first-order valence-corrected chi connectivity index (χ1v) is 5.36. The zero-order valence-electron chi connectivity index (χ0n) is 8.56. The van der Waals surface area contributed by atoms with E-state index in [1.54, 1.807) is 19.1 Å². The fourth-order valence-electron chi connectivity index (χ4n) is 0.907. The highest BCUT2D eigenvalue weighted by atomic mass is 35.5. The highest BCUT2D eigenvalue weighted by molar-refractivity contribution is 6.31. The standard InChI is InChI=1S/C11H16Cl2O/c1-3-4-5-11(13)7-10(8-14)6-9(2)12/h5-7,14H,3-4,8H2,1-2H3/b9-6+,10-7+,11-5-. The van der Waals surface area contributed by atoms with Gasteiger partial charge in [0.15, 0.2) is 0 Å². The molecule has 0 rings (SSSR count). The summed E-state index contributed by atoms with van der Waals surface area (Å²) in [5.74, 6) is 0. The van der Waals surface area contributed by atoms with Gasteiger partial charge in [-0.25, -0.2) is 0 Å². The first-order valence-electron chi connectivity index (χ1n) is 4.61. The lowest BCUT2D eigenvalue weighted by molar-refractivity contribution is 0.335. The molecule has 0 spiro atoms. The Morgan fingerprint density at radius 3 is 2.36 bits per heavy atom. The molecule has 0 aliphatic rings. The van der Waals surface area contributed by atoms with E-state index in [4.69, 9.17) is 28.3 Å². The lowest BCUT2D eigenvalue weighted by Gasteiger charge is -1.97. The van der Waals surface area contributed by atoms with Crippen molar-refractivity contribution in [1.29, 1.82) is 0 Å². The van der Waals surface area contributed by atoms with E-state index in [1.165, 1.54) is 0 Å². The van der Waals surface area contributed by atoms with Gasteiger partial charge in [-0.15, -0.1) is 0 Å². The second kappa shape index (κ2) is 8.10. The van der Waals surface area contributed by atoms with E-state index in [2.05, 4.69) is 6.92 Å². The summed E-state index contributed by atoms with van der Waals surface area (Å²) in [7, 11) is 0. The van der Waals surface area contributed by atoms with Gasteiger partial charge < -0.3 is 5.11 Å². The third kappa shape index (κ3) is 7.19. The molecule has 0 saturated carbocycles. The second-order valence-corrected chi connectivity index (χ2v) is 4.02. The summed E-state index contributed by atoms with van der Waals surface area (Å²) in [4.78, 5) is 0. The van der Waals surface area contributed by atoms with Crippen molar-refractivity contribution in [2.24, 2.45) is 0 Å². The average Bonchev–Trinajstić information content (AvgIpc) is 2.12. The molecule has 3 heteroatoms. The van der Waals surface area contributed by atoms with Gasteiger partial charge in [-0.05, 0) is 31.1 Å². The minimum Gasteiger partial charge on any atom is -0.392 e. The molecule has 1 N–H and O–H groups in total. The van der Waals surface area contributed by atoms with Gasteiger partial charge in [-0.2, -0.15) is 0 Å². The molecule has 0 heterocycles. The Balaban J connectivity index is 4.51. The number of aliphatic hydroxyl groups is 1. The Labute approximate surface area is 95.7 Å². The Hall–Kier alpha value is -0.240. The molecular formula is C11H16Cl2O. The maximum atomic E-state index is 8.99. The minimum atomic E-state index is -0.0553. The average molecular weight is 235 g/mol. The highest BCUT2D eigenvalue weighted by Gasteiger charge is 1.93. The maximum absolute atomic E-state index is 8.99. The van der Waals surface area contributed by atoms with Crippen LogP contribution in [0.15, 0.2) is 33.9 Å². The van der Waals surface area contributed by atoms with Gasteiger partial charge in [0.05, 0.1) is 6.61 Å². The third-order valence-electron chi connectivity index (χ3n) is 1.52. The van der Waals surface area contributed by atoms with E-state index in [0.29, 0.717) is 10.1 Å². The van der Waals surface area contributed by atoms with Crippen molar-refractivity contribution in [2.45, 2.75) is 26.7 Å². The third-order valence-corrected chi connectivity index (χ3v) is 1.89. The smallest absolute Gasteiger partial charge is 0.0682 e. The van der Waals surface area contributed by atoms with Gasteiger partial charge >= 0.3 is 0 Å². The van der Waals surface area contributed by atoms with Gasteiger partial charge in [0.2, 0.25) is 0 Å². The topological polar surface area (TPSA) is 20.2 Å². The van der Waals surface area contributed by atoms with Crippen LogP contribution in [0.5, 0.6) is 0 Å². The molecule has 0 aromatic heterocycles. The number of allylic oxidation sites excluding steroid dienone is 4. The van der Waals surface area contributed by atoms with E-state index in [1.807, 2.05) is 6.08 Å². The Morgan fingerprint density at radius 1 is 1.29 bits per heavy atom. The van der Waals surface area contributed by atoms with Gasteiger partial charge in [-0.3, -0.25) is 0 Å². The van der Waals surface area contributed by atoms with Crippen molar-refractivity contribution in [1.82, 2.24) is 0 Å². The van der Waals surface area contributed by atoms with Crippen LogP contribution in [0.4, 0.5) is 0 Å². The number of rotatable bonds is 5. The van der Waals surface area contributed by atoms with Crippen molar-refractivity contribution in [2.75, 3.05) is 6.61 Å². The summed E-state index contributed by atoms with van der Waals surface area (Å²) >= 11 is 11.6. The molecule has 14 heavy (non-hydrogen) atoms. The molecule has 0 unspecified atom stereocenters. The molecule has 80 valence electrons. The number of unbranched alkanes of at least 4 members (excludes halogenated alkanes) is 1. The van der Waals surface area contributed by atoms with Crippen molar-refractivity contribution in [3.63, 3.8) is 0 Å². The van der Waals surface area contributed by atoms with Crippen LogP contribution >= 0.6 is 23.2 Å². The normalized spacial score (nSPS) is 14.8. The van der Waals surface area contributed by atoms with Crippen LogP contribution in [0.1, 0.15) is 26.7 Å². The molecular weight excluding hydrogens is 219 g/mol. The monoisotopic (exact) mass is 234 g/mol. The molecule has 0 atom stereocenters. The molecule has 0 fully saturated rings. The molecule has 0 saturated heterocycles. The number of aliphatic hydroxyl groups excluding tert-OH is 1. The molecule has 0 aliphatic carbocycles. The molecule has 0 radical (unpaired) electrons. The Morgan fingerprint density at radius 2 is 1.93 bits per heavy atom. The van der Waals surface area contributed by atoms with Crippen LogP contribution < -0.4 is 0 Å². The van der Waals surface area contributed by atoms with Crippen molar-refractivity contribution in [3.8, 4) is 0 Å². The van der Waals surface area contributed by atoms with Gasteiger partial charge in [-0.1, -0.05) is 42.6 Å². The molecule has 0 aliphatic heterocycles. The van der Waals surface area contributed by atoms with Crippen LogP contribution in [0.25, 0.3) is 0 Å². The molecule has 0 bridgehead atoms. The first kappa shape index (κ1) is 13.8. The van der Waals surface area contributed by atoms with Gasteiger partial charge in [0.25, 0.3) is 0 Å². The number of hydrogen-bond acceptors (Lipinski definition) is 1. The fraction of sp³-hybridized carbons (Fsp3) is 0.455. The quantitative estimate of drug-likeness (QED) is 0.715. The minimum absolute atomic E-state index is 0.0553. The fourth-order valence-corrected chi connectivity index (χ4v) is 1.30. The van der Waals surface area contributed by atoms with E-state index in [-0.39, 0.29) is 6.61 Å². The molecule has 0 aromatic rings. The lowest BCUT2D eigenvalue weighted by Crippen LogP contribution is -1.86. The second-order valence-electron chi connectivity index (χ2n) is 2.99. The van der Waals surface area contributed by atoms with Crippen molar-refractivity contribution < 1.29 is 5.11 Å². The van der Waals surface area contributed by atoms with Crippen LogP contribution in [-0.4, -0.2) is 11.7 Å². The molecule has 1 nitrogen and oxygen atoms in total. The predicted molar refractivity (Wildman–Crippen MR) is 63.6 cm³/mol. The van der Waals surface area contributed by atoms with Crippen molar-refractivity contribution >= 4 is 23.2 Å². The van der Waals surface area contributed by atoms with Crippen LogP contribution in [-0.2, 0) is 0 Å². The highest BCUT2D eigenvalue weighted by Crippen LogP contribution is 2.12. The number of hydrogen-bond donors (Lipinski definition) is 1. The lowest BCUT2D eigenvalue weighted by atomic mass is 10.2. The van der Waals surface area contributed by atoms with Gasteiger partial charge in [0, 0.05) is 10.1 Å². The first-order chi connectivity index (χ1) is 6.60. The summed E-state index contributed by atoms with van der Waals surface area (Å²) in [6.45, 7) is 3.79. The van der Waals surface area contributed by atoms with E-state index in [0.717, 1.165) is 18.4 Å². The van der Waals surface area contributed by atoms with Crippen LogP contribution in [0.2, 0.25) is 0 Å². The maximum Gasteiger partial charge on any atom is 0.0682 e. The zero-order valence-corrected chi connectivity index (χ0v) is 10.1. The summed E-state index contributed by atoms with van der Waals surface area (Å²) in [5, 5.41) is 10.3. The molecule has 0 amide bonds. The van der Waals surface area contributed by atoms with Crippen LogP contribution in [0, 0.1) is 0 Å². The zero-order chi connectivity index (χ0) is 11.0. The Bertz CT molecular complexity index is 248. The summed E-state index contributed by atoms with van der Waals surface area (Å²) in [6, 6.07) is 0. The molecule has 0 aromatic carbocycles. The number of halogens is 2. The summed E-state index contributed by atoms with van der Waals surface area (Å²) in [5.41, 5.74) is 0.717. The van der Waals surface area contributed by atoms with Gasteiger partial charge in [0.1, 0.15) is 0 Å². The van der Waals surface area contributed by atoms with Crippen molar-refractivity contribution in [3.05, 3.63) is 33.9 Å². The van der Waals surface area contributed by atoms with E-state index >= 15 is 0 Å². The Kier molecular flexibility index (Phi) is 7.96. The largest absolute Gasteiger partial charge is 0.392 e. The van der Waals surface area contributed by atoms with E-state index in [9.17, 15) is 0 Å². The predicted octanol–water partition coefficient (Wildman–Crippen LogP) is 3.97. The SMILES string of the molecule is CCC/C=C(Cl)/C=C(\C=C(/C)Cl)CO. The van der Waals surface area contributed by atoms with Crippen LogP contribution in [0.3, 0.4) is 0 Å². The summed E-state index contributed by atoms with van der Waals surface area (Å²) < 4.78 is 0.